The molecule has 0 unspecified atom stereocenters. The zero-order valence-corrected chi connectivity index (χ0v) is 17.3. The van der Waals surface area contributed by atoms with E-state index in [1.165, 1.54) is 11.3 Å². The highest BCUT2D eigenvalue weighted by Gasteiger charge is 2.29. The molecular weight excluding hydrogens is 376 g/mol. The number of ether oxygens (including phenoxy) is 1. The minimum absolute atomic E-state index is 0.0340. The highest BCUT2D eigenvalue weighted by Crippen LogP contribution is 2.35. The molecule has 1 saturated heterocycles. The smallest absolute Gasteiger partial charge is 0.341 e. The number of amides is 1. The van der Waals surface area contributed by atoms with Gasteiger partial charge < -0.3 is 15.0 Å². The van der Waals surface area contributed by atoms with Gasteiger partial charge in [0.2, 0.25) is 5.91 Å². The number of aromatic nitrogens is 2. The average molecular weight is 403 g/mol. The van der Waals surface area contributed by atoms with E-state index < -0.39 is 0 Å². The van der Waals surface area contributed by atoms with Crippen molar-refractivity contribution in [3.8, 4) is 0 Å². The molecule has 2 aromatic rings. The zero-order valence-electron chi connectivity index (χ0n) is 16.5. The summed E-state index contributed by atoms with van der Waals surface area (Å²) < 4.78 is 5.21. The van der Waals surface area contributed by atoms with E-state index in [2.05, 4.69) is 20.2 Å². The van der Waals surface area contributed by atoms with Crippen molar-refractivity contribution in [2.45, 2.75) is 40.0 Å². The summed E-state index contributed by atoms with van der Waals surface area (Å²) in [7, 11) is 0. The van der Waals surface area contributed by atoms with Crippen molar-refractivity contribution >= 4 is 34.0 Å². The maximum absolute atomic E-state index is 12.8. The number of rotatable bonds is 6. The standard InChI is InChI=1S/C20H26N4O3S/c1-4-15-13(3)28-19(17(15)20(26)27-5-2)23-18(25)14-6-10-24(11-7-14)16-12-21-8-9-22-16/h8-9,12,14H,4-7,10-11H2,1-3H3,(H,23,25). The van der Waals surface area contributed by atoms with Crippen LogP contribution in [0.3, 0.4) is 0 Å². The third kappa shape index (κ3) is 4.32. The van der Waals surface area contributed by atoms with E-state index in [0.29, 0.717) is 17.2 Å². The number of nitrogens with one attached hydrogen (secondary N) is 1. The van der Waals surface area contributed by atoms with Crippen LogP contribution in [0.4, 0.5) is 10.8 Å². The molecule has 150 valence electrons. The summed E-state index contributed by atoms with van der Waals surface area (Å²) in [6, 6.07) is 0. The molecule has 1 aliphatic heterocycles. The molecule has 1 N–H and O–H groups in total. The van der Waals surface area contributed by atoms with Crippen LogP contribution in [0.1, 0.15) is 47.5 Å². The van der Waals surface area contributed by atoms with Gasteiger partial charge in [0.05, 0.1) is 18.4 Å². The number of carbonyl (C=O) groups is 2. The number of aryl methyl sites for hydroxylation is 1. The molecule has 1 fully saturated rings. The summed E-state index contributed by atoms with van der Waals surface area (Å²) in [6.07, 6.45) is 7.27. The van der Waals surface area contributed by atoms with Crippen molar-refractivity contribution < 1.29 is 14.3 Å². The predicted molar refractivity (Wildman–Crippen MR) is 110 cm³/mol. The molecule has 2 aromatic heterocycles. The lowest BCUT2D eigenvalue weighted by atomic mass is 9.96. The third-order valence-corrected chi connectivity index (χ3v) is 6.08. The first-order valence-corrected chi connectivity index (χ1v) is 10.5. The summed E-state index contributed by atoms with van der Waals surface area (Å²) in [5.74, 6) is 0.354. The van der Waals surface area contributed by atoms with E-state index in [0.717, 1.165) is 48.6 Å². The molecule has 3 rings (SSSR count). The van der Waals surface area contributed by atoms with Crippen molar-refractivity contribution in [2.24, 2.45) is 5.92 Å². The van der Waals surface area contributed by atoms with Crippen LogP contribution in [-0.4, -0.2) is 41.5 Å². The average Bonchev–Trinajstić information content (AvgIpc) is 3.03. The Morgan fingerprint density at radius 1 is 1.29 bits per heavy atom. The fourth-order valence-electron chi connectivity index (χ4n) is 3.55. The van der Waals surface area contributed by atoms with Gasteiger partial charge in [-0.2, -0.15) is 0 Å². The molecule has 3 heterocycles. The van der Waals surface area contributed by atoms with E-state index in [4.69, 9.17) is 4.74 Å². The van der Waals surface area contributed by atoms with Gasteiger partial charge in [0.15, 0.2) is 0 Å². The molecule has 0 aliphatic carbocycles. The normalized spacial score (nSPS) is 14.8. The molecule has 1 aliphatic rings. The van der Waals surface area contributed by atoms with E-state index in [1.807, 2.05) is 13.8 Å². The number of nitrogens with zero attached hydrogens (tertiary/aromatic N) is 3. The molecular formula is C20H26N4O3S. The minimum Gasteiger partial charge on any atom is -0.462 e. The van der Waals surface area contributed by atoms with Crippen molar-refractivity contribution in [3.63, 3.8) is 0 Å². The summed E-state index contributed by atoms with van der Waals surface area (Å²) in [5, 5.41) is 3.61. The van der Waals surface area contributed by atoms with Gasteiger partial charge in [0, 0.05) is 36.3 Å². The van der Waals surface area contributed by atoms with Gasteiger partial charge >= 0.3 is 5.97 Å². The molecule has 0 atom stereocenters. The Kier molecular flexibility index (Phi) is 6.61. The van der Waals surface area contributed by atoms with Gasteiger partial charge in [-0.1, -0.05) is 6.92 Å². The van der Waals surface area contributed by atoms with Crippen LogP contribution < -0.4 is 10.2 Å². The van der Waals surface area contributed by atoms with Crippen LogP contribution >= 0.6 is 11.3 Å². The van der Waals surface area contributed by atoms with Crippen LogP contribution in [-0.2, 0) is 16.0 Å². The Balaban J connectivity index is 1.68. The van der Waals surface area contributed by atoms with Crippen molar-refractivity contribution in [1.82, 2.24) is 9.97 Å². The van der Waals surface area contributed by atoms with E-state index in [-0.39, 0.29) is 17.8 Å². The van der Waals surface area contributed by atoms with E-state index in [9.17, 15) is 9.59 Å². The lowest BCUT2D eigenvalue weighted by Crippen LogP contribution is -2.38. The fourth-order valence-corrected chi connectivity index (χ4v) is 4.69. The zero-order chi connectivity index (χ0) is 20.1. The fraction of sp³-hybridized carbons (Fsp3) is 0.500. The monoisotopic (exact) mass is 402 g/mol. The Bertz CT molecular complexity index is 829. The van der Waals surface area contributed by atoms with Crippen molar-refractivity contribution in [1.29, 1.82) is 0 Å². The number of carbonyl (C=O) groups excluding carboxylic acids is 2. The molecule has 0 radical (unpaired) electrons. The van der Waals surface area contributed by atoms with Crippen molar-refractivity contribution in [2.75, 3.05) is 29.9 Å². The number of anilines is 2. The van der Waals surface area contributed by atoms with E-state index in [1.54, 1.807) is 25.5 Å². The first-order valence-electron chi connectivity index (χ1n) is 9.66. The van der Waals surface area contributed by atoms with Crippen LogP contribution in [0.15, 0.2) is 18.6 Å². The van der Waals surface area contributed by atoms with Gasteiger partial charge in [-0.15, -0.1) is 11.3 Å². The maximum atomic E-state index is 12.8. The Labute approximate surface area is 169 Å². The van der Waals surface area contributed by atoms with Gasteiger partial charge in [-0.05, 0) is 38.7 Å². The summed E-state index contributed by atoms with van der Waals surface area (Å²) >= 11 is 1.45. The lowest BCUT2D eigenvalue weighted by Gasteiger charge is -2.31. The molecule has 0 saturated carbocycles. The highest BCUT2D eigenvalue weighted by atomic mass is 32.1. The molecule has 8 heteroatoms. The second-order valence-corrected chi connectivity index (χ2v) is 7.95. The summed E-state index contributed by atoms with van der Waals surface area (Å²) in [5.41, 5.74) is 1.47. The van der Waals surface area contributed by atoms with Crippen molar-refractivity contribution in [3.05, 3.63) is 34.6 Å². The predicted octanol–water partition coefficient (Wildman–Crippen LogP) is 3.44. The first-order chi connectivity index (χ1) is 13.5. The Hall–Kier alpha value is -2.48. The largest absolute Gasteiger partial charge is 0.462 e. The van der Waals surface area contributed by atoms with E-state index >= 15 is 0 Å². The highest BCUT2D eigenvalue weighted by molar-refractivity contribution is 7.16. The molecule has 0 aromatic carbocycles. The summed E-state index contributed by atoms with van der Waals surface area (Å²) in [6.45, 7) is 7.58. The quantitative estimate of drug-likeness (QED) is 0.745. The maximum Gasteiger partial charge on any atom is 0.341 e. The topological polar surface area (TPSA) is 84.4 Å². The molecule has 0 bridgehead atoms. The third-order valence-electron chi connectivity index (χ3n) is 5.02. The summed E-state index contributed by atoms with van der Waals surface area (Å²) in [4.78, 5) is 36.9. The van der Waals surface area contributed by atoms with Crippen LogP contribution in [0.5, 0.6) is 0 Å². The second kappa shape index (κ2) is 9.14. The second-order valence-electron chi connectivity index (χ2n) is 6.73. The number of esters is 1. The van der Waals surface area contributed by atoms with Gasteiger partial charge in [-0.25, -0.2) is 9.78 Å². The Morgan fingerprint density at radius 2 is 2.04 bits per heavy atom. The number of hydrogen-bond acceptors (Lipinski definition) is 7. The SMILES string of the molecule is CCOC(=O)c1c(NC(=O)C2CCN(c3cnccn3)CC2)sc(C)c1CC. The van der Waals surface area contributed by atoms with Crippen LogP contribution in [0.25, 0.3) is 0 Å². The molecule has 1 amide bonds. The molecule has 0 spiro atoms. The van der Waals surface area contributed by atoms with Crippen LogP contribution in [0.2, 0.25) is 0 Å². The molecule has 7 nitrogen and oxygen atoms in total. The van der Waals surface area contributed by atoms with Crippen LogP contribution in [0, 0.1) is 12.8 Å². The number of thiophene rings is 1. The minimum atomic E-state index is -0.364. The Morgan fingerprint density at radius 3 is 2.64 bits per heavy atom. The number of hydrogen-bond donors (Lipinski definition) is 1. The lowest BCUT2D eigenvalue weighted by molar-refractivity contribution is -0.120. The van der Waals surface area contributed by atoms with Gasteiger partial charge in [0.1, 0.15) is 10.8 Å². The number of piperidine rings is 1. The molecule has 28 heavy (non-hydrogen) atoms. The first kappa shape index (κ1) is 20.3. The van der Waals surface area contributed by atoms with Gasteiger partial charge in [-0.3, -0.25) is 9.78 Å². The van der Waals surface area contributed by atoms with Gasteiger partial charge in [0.25, 0.3) is 0 Å².